The SMILES string of the molecule is CCSCCC(C)NC(=O)c1ccc([N+](=O)[O-])cc1F. The normalized spacial score (nSPS) is 11.9. The van der Waals surface area contributed by atoms with Crippen molar-refractivity contribution in [3.63, 3.8) is 0 Å². The molecule has 0 bridgehead atoms. The summed E-state index contributed by atoms with van der Waals surface area (Å²) in [5, 5.41) is 13.2. The molecule has 0 aliphatic carbocycles. The fourth-order valence-electron chi connectivity index (χ4n) is 1.58. The molecule has 20 heavy (non-hydrogen) atoms. The summed E-state index contributed by atoms with van der Waals surface area (Å²) >= 11 is 1.77. The third-order valence-electron chi connectivity index (χ3n) is 2.68. The molecule has 5 nitrogen and oxygen atoms in total. The minimum atomic E-state index is -0.883. The first-order chi connectivity index (χ1) is 9.45. The molecule has 1 aromatic rings. The summed E-state index contributed by atoms with van der Waals surface area (Å²) in [5.74, 6) is 0.497. The number of rotatable bonds is 7. The summed E-state index contributed by atoms with van der Waals surface area (Å²) in [6, 6.07) is 2.94. The lowest BCUT2D eigenvalue weighted by atomic mass is 10.1. The highest BCUT2D eigenvalue weighted by Gasteiger charge is 2.17. The second-order valence-corrected chi connectivity index (χ2v) is 5.68. The Bertz CT molecular complexity index is 497. The number of nitrogens with zero attached hydrogens (tertiary/aromatic N) is 1. The predicted molar refractivity (Wildman–Crippen MR) is 77.6 cm³/mol. The monoisotopic (exact) mass is 300 g/mol. The molecule has 1 rings (SSSR count). The number of amides is 1. The highest BCUT2D eigenvalue weighted by molar-refractivity contribution is 7.99. The number of hydrogen-bond acceptors (Lipinski definition) is 4. The van der Waals surface area contributed by atoms with Crippen molar-refractivity contribution in [2.45, 2.75) is 26.3 Å². The van der Waals surface area contributed by atoms with Gasteiger partial charge in [0.15, 0.2) is 0 Å². The Morgan fingerprint density at radius 3 is 2.80 bits per heavy atom. The third kappa shape index (κ3) is 4.80. The maximum atomic E-state index is 13.6. The van der Waals surface area contributed by atoms with Crippen molar-refractivity contribution in [3.05, 3.63) is 39.7 Å². The number of carbonyl (C=O) groups is 1. The number of non-ortho nitro benzene ring substituents is 1. The van der Waals surface area contributed by atoms with E-state index in [1.165, 1.54) is 0 Å². The lowest BCUT2D eigenvalue weighted by molar-refractivity contribution is -0.385. The van der Waals surface area contributed by atoms with Gasteiger partial charge in [0.25, 0.3) is 11.6 Å². The summed E-state index contributed by atoms with van der Waals surface area (Å²) in [6.07, 6.45) is 0.791. The van der Waals surface area contributed by atoms with Crippen LogP contribution in [0.2, 0.25) is 0 Å². The fraction of sp³-hybridized carbons (Fsp3) is 0.462. The van der Waals surface area contributed by atoms with E-state index < -0.39 is 16.6 Å². The van der Waals surface area contributed by atoms with Gasteiger partial charge in [-0.15, -0.1) is 0 Å². The molecule has 0 aliphatic heterocycles. The van der Waals surface area contributed by atoms with Gasteiger partial charge in [-0.05, 0) is 30.9 Å². The topological polar surface area (TPSA) is 72.2 Å². The van der Waals surface area contributed by atoms with Gasteiger partial charge in [-0.25, -0.2) is 4.39 Å². The van der Waals surface area contributed by atoms with E-state index >= 15 is 0 Å². The van der Waals surface area contributed by atoms with E-state index in [0.29, 0.717) is 0 Å². The van der Waals surface area contributed by atoms with Crippen LogP contribution < -0.4 is 5.32 Å². The van der Waals surface area contributed by atoms with Crippen LogP contribution in [0.25, 0.3) is 0 Å². The second-order valence-electron chi connectivity index (χ2n) is 4.28. The maximum Gasteiger partial charge on any atom is 0.272 e. The van der Waals surface area contributed by atoms with Gasteiger partial charge in [-0.2, -0.15) is 11.8 Å². The molecule has 110 valence electrons. The van der Waals surface area contributed by atoms with Gasteiger partial charge in [0.2, 0.25) is 0 Å². The standard InChI is InChI=1S/C13H17FN2O3S/c1-3-20-7-6-9(2)15-13(17)11-5-4-10(16(18)19)8-12(11)14/h4-5,8-9H,3,6-7H2,1-2H3,(H,15,17). The number of thioether (sulfide) groups is 1. The van der Waals surface area contributed by atoms with Gasteiger partial charge >= 0.3 is 0 Å². The number of carbonyl (C=O) groups excluding carboxylic acids is 1. The largest absolute Gasteiger partial charge is 0.349 e. The molecule has 1 amide bonds. The van der Waals surface area contributed by atoms with E-state index in [-0.39, 0.29) is 17.3 Å². The fourth-order valence-corrected chi connectivity index (χ4v) is 2.39. The second kappa shape index (κ2) is 7.84. The number of halogens is 1. The Kier molecular flexibility index (Phi) is 6.44. The molecule has 7 heteroatoms. The number of nitro groups is 1. The van der Waals surface area contributed by atoms with E-state index in [0.717, 1.165) is 36.1 Å². The molecule has 0 fully saturated rings. The molecule has 0 radical (unpaired) electrons. The Hall–Kier alpha value is -1.63. The number of benzene rings is 1. The summed E-state index contributed by atoms with van der Waals surface area (Å²) in [6.45, 7) is 3.90. The first-order valence-corrected chi connectivity index (χ1v) is 7.43. The molecule has 0 saturated heterocycles. The Labute approximate surface area is 121 Å². The Morgan fingerprint density at radius 1 is 1.55 bits per heavy atom. The first-order valence-electron chi connectivity index (χ1n) is 6.28. The quantitative estimate of drug-likeness (QED) is 0.477. The molecule has 1 N–H and O–H groups in total. The number of nitro benzene ring substituents is 1. The predicted octanol–water partition coefficient (Wildman–Crippen LogP) is 3.00. The molecule has 0 saturated carbocycles. The molecule has 0 spiro atoms. The van der Waals surface area contributed by atoms with Gasteiger partial charge < -0.3 is 5.32 Å². The van der Waals surface area contributed by atoms with E-state index in [1.807, 2.05) is 6.92 Å². The average molecular weight is 300 g/mol. The van der Waals surface area contributed by atoms with E-state index in [2.05, 4.69) is 12.2 Å². The van der Waals surface area contributed by atoms with Crippen molar-refractivity contribution >= 4 is 23.4 Å². The zero-order valence-electron chi connectivity index (χ0n) is 11.4. The number of hydrogen-bond donors (Lipinski definition) is 1. The van der Waals surface area contributed by atoms with Crippen LogP contribution in [-0.2, 0) is 0 Å². The summed E-state index contributed by atoms with van der Waals surface area (Å²) in [7, 11) is 0. The third-order valence-corrected chi connectivity index (χ3v) is 3.62. The molecular weight excluding hydrogens is 283 g/mol. The highest BCUT2D eigenvalue weighted by atomic mass is 32.2. The van der Waals surface area contributed by atoms with Crippen LogP contribution in [0, 0.1) is 15.9 Å². The summed E-state index contributed by atoms with van der Waals surface area (Å²) < 4.78 is 13.6. The van der Waals surface area contributed by atoms with E-state index in [4.69, 9.17) is 0 Å². The first kappa shape index (κ1) is 16.4. The van der Waals surface area contributed by atoms with Gasteiger partial charge in [0.1, 0.15) is 5.82 Å². The smallest absolute Gasteiger partial charge is 0.272 e. The lowest BCUT2D eigenvalue weighted by Crippen LogP contribution is -2.33. The zero-order valence-corrected chi connectivity index (χ0v) is 12.2. The van der Waals surface area contributed by atoms with E-state index in [9.17, 15) is 19.3 Å². The van der Waals surface area contributed by atoms with Crippen LogP contribution in [0.1, 0.15) is 30.6 Å². The molecule has 0 aliphatic rings. The van der Waals surface area contributed by atoms with Crippen molar-refractivity contribution in [3.8, 4) is 0 Å². The van der Waals surface area contributed by atoms with E-state index in [1.54, 1.807) is 11.8 Å². The Morgan fingerprint density at radius 2 is 2.25 bits per heavy atom. The minimum Gasteiger partial charge on any atom is -0.349 e. The van der Waals surface area contributed by atoms with Crippen molar-refractivity contribution in [1.82, 2.24) is 5.32 Å². The molecule has 0 heterocycles. The molecular formula is C13H17FN2O3S. The summed E-state index contributed by atoms with van der Waals surface area (Å²) in [4.78, 5) is 21.7. The summed E-state index contributed by atoms with van der Waals surface area (Å²) in [5.41, 5.74) is -0.544. The van der Waals surface area contributed by atoms with Crippen LogP contribution in [0.5, 0.6) is 0 Å². The van der Waals surface area contributed by atoms with Crippen LogP contribution in [0.15, 0.2) is 18.2 Å². The van der Waals surface area contributed by atoms with Gasteiger partial charge in [-0.3, -0.25) is 14.9 Å². The van der Waals surface area contributed by atoms with Gasteiger partial charge in [0, 0.05) is 12.1 Å². The molecule has 0 aromatic heterocycles. The molecule has 1 atom stereocenters. The van der Waals surface area contributed by atoms with Crippen molar-refractivity contribution in [2.75, 3.05) is 11.5 Å². The van der Waals surface area contributed by atoms with Gasteiger partial charge in [0.05, 0.1) is 16.6 Å². The lowest BCUT2D eigenvalue weighted by Gasteiger charge is -2.13. The van der Waals surface area contributed by atoms with Gasteiger partial charge in [-0.1, -0.05) is 6.92 Å². The van der Waals surface area contributed by atoms with Crippen molar-refractivity contribution in [1.29, 1.82) is 0 Å². The molecule has 1 aromatic carbocycles. The minimum absolute atomic E-state index is 0.0730. The van der Waals surface area contributed by atoms with Crippen molar-refractivity contribution in [2.24, 2.45) is 0 Å². The van der Waals surface area contributed by atoms with Crippen molar-refractivity contribution < 1.29 is 14.1 Å². The molecule has 1 unspecified atom stereocenters. The Balaban J connectivity index is 2.65. The maximum absolute atomic E-state index is 13.6. The van der Waals surface area contributed by atoms with Crippen LogP contribution >= 0.6 is 11.8 Å². The average Bonchev–Trinajstić information content (AvgIpc) is 2.38. The number of nitrogens with one attached hydrogen (secondary N) is 1. The van der Waals surface area contributed by atoms with Crippen LogP contribution in [0.3, 0.4) is 0 Å². The van der Waals surface area contributed by atoms with Crippen LogP contribution in [0.4, 0.5) is 10.1 Å². The highest BCUT2D eigenvalue weighted by Crippen LogP contribution is 2.16. The zero-order chi connectivity index (χ0) is 15.1. The van der Waals surface area contributed by atoms with Crippen LogP contribution in [-0.4, -0.2) is 28.4 Å².